The molecule has 1 atom stereocenters. The molecule has 0 bridgehead atoms. The number of ether oxygens (including phenoxy) is 1. The van der Waals surface area contributed by atoms with E-state index in [-0.39, 0.29) is 6.03 Å². The van der Waals surface area contributed by atoms with Gasteiger partial charge in [0.1, 0.15) is 5.75 Å². The Morgan fingerprint density at radius 3 is 2.75 bits per heavy atom. The zero-order valence-electron chi connectivity index (χ0n) is 12.4. The lowest BCUT2D eigenvalue weighted by Crippen LogP contribution is -2.48. The molecule has 1 aliphatic rings. The molecular formula is C16H24N2O2. The maximum absolute atomic E-state index is 12.3. The lowest BCUT2D eigenvalue weighted by molar-refractivity contribution is 0.148. The molecule has 0 spiro atoms. The number of hydrogen-bond acceptors (Lipinski definition) is 2. The van der Waals surface area contributed by atoms with Gasteiger partial charge < -0.3 is 15.0 Å². The average Bonchev–Trinajstić information content (AvgIpc) is 2.53. The summed E-state index contributed by atoms with van der Waals surface area (Å²) in [6.07, 6.45) is 4.52. The molecule has 1 heterocycles. The van der Waals surface area contributed by atoms with Gasteiger partial charge in [0.05, 0.1) is 7.11 Å². The molecule has 2 rings (SSSR count). The molecule has 1 fully saturated rings. The van der Waals surface area contributed by atoms with Crippen LogP contribution in [0.15, 0.2) is 24.3 Å². The van der Waals surface area contributed by atoms with Gasteiger partial charge in [0.15, 0.2) is 0 Å². The summed E-state index contributed by atoms with van der Waals surface area (Å²) >= 11 is 0. The maximum Gasteiger partial charge on any atom is 0.317 e. The summed E-state index contributed by atoms with van der Waals surface area (Å²) in [5.41, 5.74) is 1.09. The fraction of sp³-hybridized carbons (Fsp3) is 0.562. The Bertz CT molecular complexity index is 431. The van der Waals surface area contributed by atoms with Crippen molar-refractivity contribution in [2.24, 2.45) is 0 Å². The van der Waals surface area contributed by atoms with Crippen LogP contribution in [0.1, 0.15) is 38.2 Å². The van der Waals surface area contributed by atoms with Gasteiger partial charge in [0.2, 0.25) is 0 Å². The number of likely N-dealkylation sites (tertiary alicyclic amines) is 1. The number of amides is 2. The van der Waals surface area contributed by atoms with Crippen LogP contribution >= 0.6 is 0 Å². The molecule has 1 aromatic rings. The summed E-state index contributed by atoms with van der Waals surface area (Å²) in [4.78, 5) is 14.2. The molecule has 1 aliphatic heterocycles. The molecule has 1 aromatic carbocycles. The monoisotopic (exact) mass is 276 g/mol. The molecule has 1 saturated heterocycles. The van der Waals surface area contributed by atoms with Crippen molar-refractivity contribution in [1.82, 2.24) is 10.2 Å². The lowest BCUT2D eigenvalue weighted by Gasteiger charge is -2.35. The van der Waals surface area contributed by atoms with Crippen LogP contribution in [0.4, 0.5) is 4.79 Å². The minimum Gasteiger partial charge on any atom is -0.497 e. The number of hydrogen-bond donors (Lipinski definition) is 1. The number of piperidine rings is 1. The number of carbonyl (C=O) groups is 1. The number of urea groups is 1. The van der Waals surface area contributed by atoms with E-state index in [0.717, 1.165) is 37.1 Å². The Hall–Kier alpha value is -1.71. The van der Waals surface area contributed by atoms with E-state index in [1.54, 1.807) is 7.11 Å². The van der Waals surface area contributed by atoms with Gasteiger partial charge in [0, 0.05) is 19.1 Å². The topological polar surface area (TPSA) is 41.6 Å². The molecule has 0 saturated carbocycles. The van der Waals surface area contributed by atoms with Crippen LogP contribution in [0, 0.1) is 0 Å². The number of methoxy groups -OCH3 is 1. The smallest absolute Gasteiger partial charge is 0.317 e. The van der Waals surface area contributed by atoms with Crippen molar-refractivity contribution >= 4 is 6.03 Å². The van der Waals surface area contributed by atoms with Gasteiger partial charge in [-0.3, -0.25) is 0 Å². The predicted molar refractivity (Wildman–Crippen MR) is 79.9 cm³/mol. The van der Waals surface area contributed by atoms with Gasteiger partial charge in [-0.15, -0.1) is 0 Å². The quantitative estimate of drug-likeness (QED) is 0.917. The van der Waals surface area contributed by atoms with Crippen molar-refractivity contribution in [3.63, 3.8) is 0 Å². The second kappa shape index (κ2) is 7.17. The van der Waals surface area contributed by atoms with Crippen molar-refractivity contribution in [2.45, 2.75) is 45.2 Å². The fourth-order valence-corrected chi connectivity index (χ4v) is 2.72. The van der Waals surface area contributed by atoms with Crippen LogP contribution in [0.2, 0.25) is 0 Å². The molecule has 1 unspecified atom stereocenters. The van der Waals surface area contributed by atoms with Gasteiger partial charge in [0.25, 0.3) is 0 Å². The Morgan fingerprint density at radius 1 is 1.35 bits per heavy atom. The zero-order chi connectivity index (χ0) is 14.4. The van der Waals surface area contributed by atoms with Gasteiger partial charge in [-0.1, -0.05) is 19.1 Å². The average molecular weight is 276 g/mol. The summed E-state index contributed by atoms with van der Waals surface area (Å²) in [5, 5.41) is 3.02. The highest BCUT2D eigenvalue weighted by atomic mass is 16.5. The van der Waals surface area contributed by atoms with E-state index in [2.05, 4.69) is 12.2 Å². The molecular weight excluding hydrogens is 252 g/mol. The highest BCUT2D eigenvalue weighted by molar-refractivity contribution is 5.74. The first-order valence-corrected chi connectivity index (χ1v) is 7.42. The highest BCUT2D eigenvalue weighted by Gasteiger charge is 2.24. The van der Waals surface area contributed by atoms with E-state index >= 15 is 0 Å². The third-order valence-corrected chi connectivity index (χ3v) is 3.96. The largest absolute Gasteiger partial charge is 0.497 e. The Balaban J connectivity index is 1.87. The molecule has 2 amide bonds. The van der Waals surface area contributed by atoms with Crippen LogP contribution in [0.5, 0.6) is 5.75 Å². The van der Waals surface area contributed by atoms with Crippen molar-refractivity contribution in [3.05, 3.63) is 29.8 Å². The highest BCUT2D eigenvalue weighted by Crippen LogP contribution is 2.19. The number of nitrogens with one attached hydrogen (secondary N) is 1. The van der Waals surface area contributed by atoms with Crippen molar-refractivity contribution in [3.8, 4) is 5.75 Å². The van der Waals surface area contributed by atoms with E-state index in [9.17, 15) is 4.79 Å². The lowest BCUT2D eigenvalue weighted by atomic mass is 10.0. The third kappa shape index (κ3) is 3.65. The molecule has 0 aliphatic carbocycles. The number of rotatable bonds is 4. The van der Waals surface area contributed by atoms with Crippen LogP contribution in [0.25, 0.3) is 0 Å². The summed E-state index contributed by atoms with van der Waals surface area (Å²) < 4.78 is 5.12. The SMILES string of the molecule is CCC1CCCCN1C(=O)NCc1ccc(OC)cc1. The van der Waals surface area contributed by atoms with Crippen molar-refractivity contribution in [2.75, 3.05) is 13.7 Å². The first-order valence-electron chi connectivity index (χ1n) is 7.42. The molecule has 0 radical (unpaired) electrons. The third-order valence-electron chi connectivity index (χ3n) is 3.96. The van der Waals surface area contributed by atoms with Gasteiger partial charge in [-0.25, -0.2) is 4.79 Å². The van der Waals surface area contributed by atoms with Gasteiger partial charge in [-0.2, -0.15) is 0 Å². The summed E-state index contributed by atoms with van der Waals surface area (Å²) in [7, 11) is 1.65. The first kappa shape index (κ1) is 14.7. The summed E-state index contributed by atoms with van der Waals surface area (Å²) in [6.45, 7) is 3.60. The van der Waals surface area contributed by atoms with E-state index in [1.165, 1.54) is 6.42 Å². The fourth-order valence-electron chi connectivity index (χ4n) is 2.72. The molecule has 1 N–H and O–H groups in total. The van der Waals surface area contributed by atoms with Gasteiger partial charge in [-0.05, 0) is 43.4 Å². The van der Waals surface area contributed by atoms with Crippen LogP contribution in [0.3, 0.4) is 0 Å². The van der Waals surface area contributed by atoms with E-state index in [1.807, 2.05) is 29.2 Å². The number of benzene rings is 1. The Kier molecular flexibility index (Phi) is 5.27. The summed E-state index contributed by atoms with van der Waals surface area (Å²) in [5.74, 6) is 0.835. The zero-order valence-corrected chi connectivity index (χ0v) is 12.4. The molecule has 20 heavy (non-hydrogen) atoms. The molecule has 0 aromatic heterocycles. The number of carbonyl (C=O) groups excluding carboxylic acids is 1. The standard InChI is InChI=1S/C16H24N2O2/c1-3-14-6-4-5-11-18(14)16(19)17-12-13-7-9-15(20-2)10-8-13/h7-10,14H,3-6,11-12H2,1-2H3,(H,17,19). The van der Waals surface area contributed by atoms with Crippen molar-refractivity contribution in [1.29, 1.82) is 0 Å². The normalized spacial score (nSPS) is 18.7. The Morgan fingerprint density at radius 2 is 2.10 bits per heavy atom. The summed E-state index contributed by atoms with van der Waals surface area (Å²) in [6, 6.07) is 8.25. The molecule has 110 valence electrons. The Labute approximate surface area is 121 Å². The van der Waals surface area contributed by atoms with Crippen LogP contribution in [-0.4, -0.2) is 30.6 Å². The van der Waals surface area contributed by atoms with Crippen LogP contribution < -0.4 is 10.1 Å². The molecule has 4 nitrogen and oxygen atoms in total. The second-order valence-corrected chi connectivity index (χ2v) is 5.26. The minimum absolute atomic E-state index is 0.0624. The second-order valence-electron chi connectivity index (χ2n) is 5.26. The number of nitrogens with zero attached hydrogens (tertiary/aromatic N) is 1. The van der Waals surface area contributed by atoms with Crippen LogP contribution in [-0.2, 0) is 6.54 Å². The van der Waals surface area contributed by atoms with E-state index in [0.29, 0.717) is 12.6 Å². The molecule has 4 heteroatoms. The van der Waals surface area contributed by atoms with E-state index < -0.39 is 0 Å². The van der Waals surface area contributed by atoms with E-state index in [4.69, 9.17) is 4.74 Å². The first-order chi connectivity index (χ1) is 9.74. The maximum atomic E-state index is 12.3. The predicted octanol–water partition coefficient (Wildman–Crippen LogP) is 3.17. The van der Waals surface area contributed by atoms with Crippen molar-refractivity contribution < 1.29 is 9.53 Å². The minimum atomic E-state index is 0.0624. The van der Waals surface area contributed by atoms with Gasteiger partial charge >= 0.3 is 6.03 Å².